The van der Waals surface area contributed by atoms with Gasteiger partial charge in [0.15, 0.2) is 5.11 Å². The molecule has 0 amide bonds. The Hall–Kier alpha value is -1.51. The molecule has 0 aromatic heterocycles. The van der Waals surface area contributed by atoms with Gasteiger partial charge in [-0.15, -0.1) is 0 Å². The largest absolute Gasteiger partial charge is 0.473 e. The Morgan fingerprint density at radius 2 is 2.42 bits per heavy atom. The SMILES string of the molecule is COCCNC(=S)N1N=Cc2cc(F)ccc2B1O. The standard InChI is InChI=1S/C11H13BFN3O2S/c1-18-5-4-14-11(19)16-12(17)10-3-2-9(13)6-8(10)7-15-16/h2-3,6-7,17H,4-5H2,1H3,(H,14,19). The summed E-state index contributed by atoms with van der Waals surface area (Å²) < 4.78 is 18.0. The van der Waals surface area contributed by atoms with Crippen molar-refractivity contribution in [3.63, 3.8) is 0 Å². The molecule has 0 aliphatic carbocycles. The second kappa shape index (κ2) is 6.09. The molecule has 0 atom stereocenters. The number of hydrazone groups is 1. The Bertz CT molecular complexity index is 515. The van der Waals surface area contributed by atoms with E-state index in [1.165, 1.54) is 29.3 Å². The van der Waals surface area contributed by atoms with Gasteiger partial charge in [0, 0.05) is 13.7 Å². The quantitative estimate of drug-likeness (QED) is 0.452. The number of fused-ring (bicyclic) bond motifs is 1. The van der Waals surface area contributed by atoms with Crippen LogP contribution in [0.4, 0.5) is 4.39 Å². The van der Waals surface area contributed by atoms with Gasteiger partial charge in [-0.1, -0.05) is 6.07 Å². The second-order valence-electron chi connectivity index (χ2n) is 3.96. The van der Waals surface area contributed by atoms with Crippen molar-refractivity contribution in [2.24, 2.45) is 5.10 Å². The van der Waals surface area contributed by atoms with E-state index in [1.54, 1.807) is 7.11 Å². The van der Waals surface area contributed by atoms with Crippen molar-refractivity contribution in [3.8, 4) is 0 Å². The Balaban J connectivity index is 2.11. The van der Waals surface area contributed by atoms with Crippen LogP contribution in [0.1, 0.15) is 5.56 Å². The molecular weight excluding hydrogens is 268 g/mol. The number of hydrogen-bond acceptors (Lipinski definition) is 4. The molecule has 0 saturated heterocycles. The van der Waals surface area contributed by atoms with Gasteiger partial charge < -0.3 is 15.1 Å². The van der Waals surface area contributed by atoms with Gasteiger partial charge in [-0.3, -0.25) is 4.92 Å². The predicted octanol–water partition coefficient (Wildman–Crippen LogP) is -0.316. The third-order valence-corrected chi connectivity index (χ3v) is 3.00. The minimum Gasteiger partial charge on any atom is -0.427 e. The van der Waals surface area contributed by atoms with Crippen LogP contribution < -0.4 is 10.8 Å². The fourth-order valence-corrected chi connectivity index (χ4v) is 1.97. The molecule has 0 saturated carbocycles. The Labute approximate surface area is 116 Å². The molecule has 5 nitrogen and oxygen atoms in total. The van der Waals surface area contributed by atoms with E-state index in [0.717, 1.165) is 0 Å². The lowest BCUT2D eigenvalue weighted by molar-refractivity contribution is 0.203. The first kappa shape index (κ1) is 13.9. The van der Waals surface area contributed by atoms with Crippen molar-refractivity contribution in [2.45, 2.75) is 0 Å². The van der Waals surface area contributed by atoms with Gasteiger partial charge >= 0.3 is 7.05 Å². The van der Waals surface area contributed by atoms with E-state index in [-0.39, 0.29) is 10.9 Å². The number of nitrogens with zero attached hydrogens (tertiary/aromatic N) is 2. The highest BCUT2D eigenvalue weighted by Gasteiger charge is 2.31. The summed E-state index contributed by atoms with van der Waals surface area (Å²) in [4.78, 5) is 1.27. The van der Waals surface area contributed by atoms with Crippen molar-refractivity contribution < 1.29 is 14.2 Å². The van der Waals surface area contributed by atoms with Gasteiger partial charge in [0.05, 0.1) is 12.8 Å². The summed E-state index contributed by atoms with van der Waals surface area (Å²) in [5.74, 6) is -0.369. The van der Waals surface area contributed by atoms with Crippen molar-refractivity contribution in [2.75, 3.05) is 20.3 Å². The summed E-state index contributed by atoms with van der Waals surface area (Å²) in [5.41, 5.74) is 1.11. The number of rotatable bonds is 3. The van der Waals surface area contributed by atoms with Gasteiger partial charge in [-0.25, -0.2) is 4.39 Å². The lowest BCUT2D eigenvalue weighted by Crippen LogP contribution is -2.55. The molecule has 0 spiro atoms. The number of halogens is 1. The van der Waals surface area contributed by atoms with Gasteiger partial charge in [0.25, 0.3) is 0 Å². The van der Waals surface area contributed by atoms with Crippen molar-refractivity contribution in [3.05, 3.63) is 29.6 Å². The van der Waals surface area contributed by atoms with Crippen molar-refractivity contribution in [1.29, 1.82) is 0 Å². The summed E-state index contributed by atoms with van der Waals surface area (Å²) in [6.07, 6.45) is 1.47. The average Bonchev–Trinajstić information content (AvgIpc) is 2.39. The Morgan fingerprint density at radius 1 is 1.63 bits per heavy atom. The highest BCUT2D eigenvalue weighted by Crippen LogP contribution is 2.08. The summed E-state index contributed by atoms with van der Waals surface area (Å²) in [6, 6.07) is 4.13. The van der Waals surface area contributed by atoms with E-state index in [2.05, 4.69) is 10.4 Å². The zero-order chi connectivity index (χ0) is 13.8. The van der Waals surface area contributed by atoms with E-state index in [4.69, 9.17) is 17.0 Å². The maximum Gasteiger partial charge on any atom is 0.473 e. The van der Waals surface area contributed by atoms with Crippen molar-refractivity contribution in [1.82, 2.24) is 10.2 Å². The van der Waals surface area contributed by atoms with Crippen LogP contribution >= 0.6 is 12.2 Å². The molecule has 0 fully saturated rings. The zero-order valence-corrected chi connectivity index (χ0v) is 11.2. The minimum absolute atomic E-state index is 0.288. The molecule has 2 rings (SSSR count). The number of hydrogen-bond donors (Lipinski definition) is 2. The van der Waals surface area contributed by atoms with Gasteiger partial charge in [0.2, 0.25) is 0 Å². The van der Waals surface area contributed by atoms with Crippen LogP contribution in [0.2, 0.25) is 0 Å². The normalized spacial score (nSPS) is 13.4. The van der Waals surface area contributed by atoms with Crippen molar-refractivity contribution >= 4 is 36.1 Å². The number of ether oxygens (including phenoxy) is 1. The minimum atomic E-state index is -1.02. The zero-order valence-electron chi connectivity index (χ0n) is 10.3. The monoisotopic (exact) mass is 281 g/mol. The Kier molecular flexibility index (Phi) is 4.46. The molecule has 1 aliphatic heterocycles. The first-order chi connectivity index (χ1) is 9.13. The van der Waals surface area contributed by atoms with Crippen LogP contribution in [0.3, 0.4) is 0 Å². The predicted molar refractivity (Wildman–Crippen MR) is 75.9 cm³/mol. The molecule has 1 aliphatic rings. The fraction of sp³-hybridized carbons (Fsp3) is 0.273. The van der Waals surface area contributed by atoms with E-state index >= 15 is 0 Å². The number of methoxy groups -OCH3 is 1. The molecular formula is C11H13BFN3O2S. The number of thiocarbonyl (C=S) groups is 1. The molecule has 1 aromatic rings. The van der Waals surface area contributed by atoms with E-state index in [1.807, 2.05) is 0 Å². The molecule has 0 radical (unpaired) electrons. The molecule has 1 heterocycles. The smallest absolute Gasteiger partial charge is 0.427 e. The van der Waals surface area contributed by atoms with E-state index in [0.29, 0.717) is 24.2 Å². The Morgan fingerprint density at radius 3 is 3.16 bits per heavy atom. The summed E-state index contributed by atoms with van der Waals surface area (Å²) in [7, 11) is 0.562. The first-order valence-corrected chi connectivity index (χ1v) is 6.12. The molecule has 19 heavy (non-hydrogen) atoms. The maximum absolute atomic E-state index is 13.1. The van der Waals surface area contributed by atoms with Crippen LogP contribution in [-0.2, 0) is 4.74 Å². The van der Waals surface area contributed by atoms with E-state index < -0.39 is 7.05 Å². The third kappa shape index (κ3) is 3.09. The van der Waals surface area contributed by atoms with Crippen LogP contribution in [0.5, 0.6) is 0 Å². The molecule has 8 heteroatoms. The highest BCUT2D eigenvalue weighted by atomic mass is 32.1. The van der Waals surface area contributed by atoms with Crippen LogP contribution in [0, 0.1) is 5.82 Å². The molecule has 0 unspecified atom stereocenters. The summed E-state index contributed by atoms with van der Waals surface area (Å²) in [6.45, 7) is 1.01. The van der Waals surface area contributed by atoms with Gasteiger partial charge in [-0.05, 0) is 35.4 Å². The van der Waals surface area contributed by atoms with Crippen LogP contribution in [-0.4, -0.2) is 48.6 Å². The summed E-state index contributed by atoms with van der Waals surface area (Å²) >= 11 is 5.13. The first-order valence-electron chi connectivity index (χ1n) is 5.71. The van der Waals surface area contributed by atoms with Crippen LogP contribution in [0.15, 0.2) is 23.3 Å². The van der Waals surface area contributed by atoms with Gasteiger partial charge in [0.1, 0.15) is 5.82 Å². The third-order valence-electron chi connectivity index (χ3n) is 2.67. The second-order valence-corrected chi connectivity index (χ2v) is 4.35. The van der Waals surface area contributed by atoms with Crippen LogP contribution in [0.25, 0.3) is 0 Å². The molecule has 1 aromatic carbocycles. The molecule has 2 N–H and O–H groups in total. The maximum atomic E-state index is 13.1. The summed E-state index contributed by atoms with van der Waals surface area (Å²) in [5, 5.41) is 17.4. The lowest BCUT2D eigenvalue weighted by atomic mass is 9.70. The highest BCUT2D eigenvalue weighted by molar-refractivity contribution is 7.80. The molecule has 0 bridgehead atoms. The lowest BCUT2D eigenvalue weighted by Gasteiger charge is -2.27. The van der Waals surface area contributed by atoms with Gasteiger partial charge in [-0.2, -0.15) is 5.10 Å². The van der Waals surface area contributed by atoms with E-state index in [9.17, 15) is 9.41 Å². The topological polar surface area (TPSA) is 57.1 Å². The fourth-order valence-electron chi connectivity index (χ4n) is 1.72. The number of nitrogens with one attached hydrogen (secondary N) is 1. The average molecular weight is 281 g/mol. The number of benzene rings is 1. The molecule has 100 valence electrons.